The first kappa shape index (κ1) is 19.5. The van der Waals surface area contributed by atoms with E-state index < -0.39 is 11.8 Å². The quantitative estimate of drug-likeness (QED) is 0.192. The van der Waals surface area contributed by atoms with Gasteiger partial charge in [-0.2, -0.15) is 5.10 Å². The van der Waals surface area contributed by atoms with Crippen LogP contribution in [0.1, 0.15) is 15.9 Å². The van der Waals surface area contributed by atoms with Gasteiger partial charge < -0.3 is 4.74 Å². The molecule has 30 heavy (non-hydrogen) atoms. The van der Waals surface area contributed by atoms with Crippen LogP contribution < -0.4 is 10.2 Å². The second kappa shape index (κ2) is 9.11. The summed E-state index contributed by atoms with van der Waals surface area (Å²) in [5.41, 5.74) is 5.40. The molecule has 0 radical (unpaired) electrons. The van der Waals surface area contributed by atoms with Crippen LogP contribution in [0.3, 0.4) is 0 Å². The van der Waals surface area contributed by atoms with Gasteiger partial charge in [0.25, 0.3) is 0 Å². The molecule has 1 heterocycles. The Morgan fingerprint density at radius 1 is 1.03 bits per heavy atom. The highest BCUT2D eigenvalue weighted by atomic mass is 32.1. The number of benzene rings is 3. The fourth-order valence-electron chi connectivity index (χ4n) is 2.68. The third-order valence-corrected chi connectivity index (χ3v) is 4.86. The molecule has 1 N–H and O–H groups in total. The van der Waals surface area contributed by atoms with E-state index >= 15 is 0 Å². The summed E-state index contributed by atoms with van der Waals surface area (Å²) in [5, 5.41) is 6.80. The zero-order valence-corrected chi connectivity index (χ0v) is 16.5. The Kier molecular flexibility index (Phi) is 5.91. The number of thiazole rings is 1. The average molecular weight is 417 g/mol. The average Bonchev–Trinajstić information content (AvgIpc) is 3.24. The molecule has 4 aromatic rings. The van der Waals surface area contributed by atoms with Crippen molar-refractivity contribution in [3.05, 3.63) is 101 Å². The molecule has 0 spiro atoms. The van der Waals surface area contributed by atoms with Crippen molar-refractivity contribution in [1.82, 2.24) is 4.98 Å². The minimum Gasteiger partial charge on any atom is -0.423 e. The van der Waals surface area contributed by atoms with Crippen molar-refractivity contribution < 1.29 is 13.9 Å². The van der Waals surface area contributed by atoms with E-state index in [9.17, 15) is 9.18 Å². The molecule has 0 amide bonds. The van der Waals surface area contributed by atoms with Gasteiger partial charge >= 0.3 is 5.97 Å². The molecule has 0 atom stereocenters. The van der Waals surface area contributed by atoms with E-state index in [2.05, 4.69) is 15.5 Å². The van der Waals surface area contributed by atoms with E-state index in [0.29, 0.717) is 16.4 Å². The Balaban J connectivity index is 1.40. The van der Waals surface area contributed by atoms with Crippen LogP contribution in [0.4, 0.5) is 9.52 Å². The Hall–Kier alpha value is -3.84. The molecule has 148 valence electrons. The van der Waals surface area contributed by atoms with E-state index in [1.807, 2.05) is 41.8 Å². The lowest BCUT2D eigenvalue weighted by Gasteiger charge is -2.05. The predicted octanol–water partition coefficient (Wildman–Crippen LogP) is 5.61. The van der Waals surface area contributed by atoms with Gasteiger partial charge in [-0.25, -0.2) is 14.2 Å². The zero-order valence-electron chi connectivity index (χ0n) is 15.7. The highest BCUT2D eigenvalue weighted by Crippen LogP contribution is 2.24. The van der Waals surface area contributed by atoms with Crippen molar-refractivity contribution in [1.29, 1.82) is 0 Å². The van der Waals surface area contributed by atoms with Gasteiger partial charge in [-0.15, -0.1) is 11.3 Å². The van der Waals surface area contributed by atoms with Crippen molar-refractivity contribution in [2.75, 3.05) is 5.43 Å². The summed E-state index contributed by atoms with van der Waals surface area (Å²) in [5.74, 6) is -1.08. The number of carbonyl (C=O) groups excluding carboxylic acids is 1. The van der Waals surface area contributed by atoms with Crippen LogP contribution in [0.25, 0.3) is 11.3 Å². The minimum atomic E-state index is -0.753. The van der Waals surface area contributed by atoms with Crippen molar-refractivity contribution in [2.45, 2.75) is 0 Å². The lowest BCUT2D eigenvalue weighted by Crippen LogP contribution is -2.10. The highest BCUT2D eigenvalue weighted by Gasteiger charge is 2.13. The zero-order chi connectivity index (χ0) is 20.8. The Morgan fingerprint density at radius 3 is 2.67 bits per heavy atom. The molecule has 0 bridgehead atoms. The summed E-state index contributed by atoms with van der Waals surface area (Å²) in [4.78, 5) is 16.6. The summed E-state index contributed by atoms with van der Waals surface area (Å²) in [6.07, 6.45) is 1.59. The first-order valence-electron chi connectivity index (χ1n) is 9.06. The first-order valence-corrected chi connectivity index (χ1v) is 9.94. The van der Waals surface area contributed by atoms with Gasteiger partial charge in [0.15, 0.2) is 0 Å². The number of ether oxygens (including phenoxy) is 1. The van der Waals surface area contributed by atoms with Crippen LogP contribution in [0.5, 0.6) is 5.75 Å². The van der Waals surface area contributed by atoms with Gasteiger partial charge in [0.1, 0.15) is 11.6 Å². The molecule has 0 aliphatic rings. The van der Waals surface area contributed by atoms with Gasteiger partial charge in [-0.3, -0.25) is 5.43 Å². The number of hydrogen-bond acceptors (Lipinski definition) is 6. The van der Waals surface area contributed by atoms with Crippen molar-refractivity contribution >= 4 is 28.7 Å². The minimum absolute atomic E-state index is 0.115. The monoisotopic (exact) mass is 417 g/mol. The SMILES string of the molecule is O=C(Oc1cccc(/C=N\Nc2nc(-c3ccccc3)cs2)c1)c1ccccc1F. The maximum atomic E-state index is 13.7. The summed E-state index contributed by atoms with van der Waals surface area (Å²) < 4.78 is 19.0. The van der Waals surface area contributed by atoms with Crippen molar-refractivity contribution in [2.24, 2.45) is 5.10 Å². The van der Waals surface area contributed by atoms with Crippen LogP contribution in [-0.4, -0.2) is 17.2 Å². The van der Waals surface area contributed by atoms with Crippen LogP contribution in [0, 0.1) is 5.82 Å². The third kappa shape index (κ3) is 4.76. The molecule has 7 heteroatoms. The smallest absolute Gasteiger partial charge is 0.346 e. The molecule has 0 aliphatic carbocycles. The number of rotatable bonds is 6. The molecule has 0 fully saturated rings. The first-order chi connectivity index (χ1) is 14.7. The number of aromatic nitrogens is 1. The number of esters is 1. The van der Waals surface area contributed by atoms with Crippen molar-refractivity contribution in [3.63, 3.8) is 0 Å². The number of nitrogens with zero attached hydrogens (tertiary/aromatic N) is 2. The number of carbonyl (C=O) groups is 1. The maximum absolute atomic E-state index is 13.7. The van der Waals surface area contributed by atoms with Crippen molar-refractivity contribution in [3.8, 4) is 17.0 Å². The molecule has 4 rings (SSSR count). The molecule has 0 saturated carbocycles. The van der Waals surface area contributed by atoms with Crippen LogP contribution in [-0.2, 0) is 0 Å². The van der Waals surface area contributed by atoms with Crippen LogP contribution in [0.2, 0.25) is 0 Å². The molecular weight excluding hydrogens is 401 g/mol. The molecule has 1 aromatic heterocycles. The molecule has 0 unspecified atom stereocenters. The van der Waals surface area contributed by atoms with E-state index in [1.165, 1.54) is 29.5 Å². The second-order valence-electron chi connectivity index (χ2n) is 6.22. The van der Waals surface area contributed by atoms with Crippen LogP contribution >= 0.6 is 11.3 Å². The van der Waals surface area contributed by atoms with Gasteiger partial charge in [-0.05, 0) is 29.8 Å². The standard InChI is InChI=1S/C23H16FN3O2S/c24-20-12-5-4-11-19(20)22(28)29-18-10-6-7-16(13-18)14-25-27-23-26-21(15-30-23)17-8-2-1-3-9-17/h1-15H,(H,26,27)/b25-14-. The lowest BCUT2D eigenvalue weighted by molar-refractivity contribution is 0.0730. The molecule has 3 aromatic carbocycles. The summed E-state index contributed by atoms with van der Waals surface area (Å²) in [6.45, 7) is 0. The lowest BCUT2D eigenvalue weighted by atomic mass is 10.2. The molecule has 5 nitrogen and oxygen atoms in total. The molecule has 0 aliphatic heterocycles. The van der Waals surface area contributed by atoms with Gasteiger partial charge in [0.05, 0.1) is 17.5 Å². The largest absolute Gasteiger partial charge is 0.423 e. The second-order valence-corrected chi connectivity index (χ2v) is 7.07. The summed E-state index contributed by atoms with van der Waals surface area (Å²) >= 11 is 1.45. The normalized spacial score (nSPS) is 10.8. The van der Waals surface area contributed by atoms with E-state index in [-0.39, 0.29) is 5.56 Å². The Morgan fingerprint density at radius 2 is 1.83 bits per heavy atom. The van der Waals surface area contributed by atoms with Gasteiger partial charge in [0, 0.05) is 10.9 Å². The Labute approximate surface area is 176 Å². The highest BCUT2D eigenvalue weighted by molar-refractivity contribution is 7.14. The number of hydrazone groups is 1. The van der Waals surface area contributed by atoms with Gasteiger partial charge in [-0.1, -0.05) is 54.6 Å². The van der Waals surface area contributed by atoms with E-state index in [4.69, 9.17) is 4.74 Å². The fraction of sp³-hybridized carbons (Fsp3) is 0. The number of halogens is 1. The number of nitrogens with one attached hydrogen (secondary N) is 1. The van der Waals surface area contributed by atoms with E-state index in [0.717, 1.165) is 11.3 Å². The number of hydrogen-bond donors (Lipinski definition) is 1. The van der Waals surface area contributed by atoms with Gasteiger partial charge in [0.2, 0.25) is 5.13 Å². The molecule has 0 saturated heterocycles. The fourth-order valence-corrected chi connectivity index (χ4v) is 3.34. The number of anilines is 1. The van der Waals surface area contributed by atoms with Crippen LogP contribution in [0.15, 0.2) is 89.3 Å². The molecular formula is C23H16FN3O2S. The predicted molar refractivity (Wildman–Crippen MR) is 117 cm³/mol. The summed E-state index contributed by atoms with van der Waals surface area (Å²) in [6, 6.07) is 22.4. The topological polar surface area (TPSA) is 63.6 Å². The van der Waals surface area contributed by atoms with E-state index in [1.54, 1.807) is 30.5 Å². The third-order valence-electron chi connectivity index (χ3n) is 4.11. The maximum Gasteiger partial charge on any atom is 0.346 e. The Bertz CT molecular complexity index is 1190. The summed E-state index contributed by atoms with van der Waals surface area (Å²) in [7, 11) is 0.